The highest BCUT2D eigenvalue weighted by Crippen LogP contribution is 2.11. The van der Waals surface area contributed by atoms with Gasteiger partial charge in [0.05, 0.1) is 25.1 Å². The van der Waals surface area contributed by atoms with Crippen molar-refractivity contribution < 1.29 is 24.2 Å². The monoisotopic (exact) mass is 444 g/mol. The van der Waals surface area contributed by atoms with Crippen LogP contribution in [0, 0.1) is 5.92 Å². The van der Waals surface area contributed by atoms with Crippen molar-refractivity contribution in [1.82, 2.24) is 10.6 Å². The summed E-state index contributed by atoms with van der Waals surface area (Å²) in [5.41, 5.74) is 1.00. The molecule has 2 amide bonds. The first kappa shape index (κ1) is 27.1. The molecule has 0 aliphatic heterocycles. The number of rotatable bonds is 16. The second kappa shape index (κ2) is 15.8. The van der Waals surface area contributed by atoms with E-state index in [0.717, 1.165) is 12.0 Å². The van der Waals surface area contributed by atoms with Gasteiger partial charge >= 0.3 is 5.97 Å². The molecule has 0 aliphatic rings. The van der Waals surface area contributed by atoms with Crippen LogP contribution >= 0.6 is 0 Å². The summed E-state index contributed by atoms with van der Waals surface area (Å²) in [5.74, 6) is -1.54. The van der Waals surface area contributed by atoms with Gasteiger partial charge in [0.1, 0.15) is 6.10 Å². The van der Waals surface area contributed by atoms with Gasteiger partial charge in [-0.3, -0.25) is 14.4 Å². The number of nitrogens with one attached hydrogen (secondary N) is 2. The third-order valence-electron chi connectivity index (χ3n) is 4.85. The van der Waals surface area contributed by atoms with E-state index in [1.165, 1.54) is 0 Å². The zero-order valence-corrected chi connectivity index (χ0v) is 18.9. The third-order valence-corrected chi connectivity index (χ3v) is 4.85. The van der Waals surface area contributed by atoms with Crippen LogP contribution < -0.4 is 10.6 Å². The zero-order valence-electron chi connectivity index (χ0n) is 18.9. The second-order valence-electron chi connectivity index (χ2n) is 7.79. The number of amides is 2. The number of allylic oxidation sites excluding steroid dienone is 2. The Morgan fingerprint density at radius 2 is 1.88 bits per heavy atom. The summed E-state index contributed by atoms with van der Waals surface area (Å²) in [5, 5.41) is 15.1. The lowest BCUT2D eigenvalue weighted by atomic mass is 9.99. The first-order valence-corrected chi connectivity index (χ1v) is 11.0. The van der Waals surface area contributed by atoms with Crippen LogP contribution in [0.4, 0.5) is 0 Å². The highest BCUT2D eigenvalue weighted by atomic mass is 16.5. The molecule has 0 radical (unpaired) electrons. The average Bonchev–Trinajstić information content (AvgIpc) is 2.77. The highest BCUT2D eigenvalue weighted by Gasteiger charge is 2.23. The third kappa shape index (κ3) is 11.5. The minimum absolute atomic E-state index is 0.0289. The lowest BCUT2D eigenvalue weighted by Gasteiger charge is -2.20. The standard InChI is InChI=1S/C25H36N2O5/c1-4-6-8-14-24(30)32-19(3)17-26-25(31)21(11-5-2)16-23(29)27-22(18-28)15-20-12-9-7-10-13-20/h4-5,7,9-10,12-13,19,21-22,28H,1-2,6,8,11,14-18H2,3H3,(H,26,31)(H,27,29)/t19-,21+,22+/m0/s1. The summed E-state index contributed by atoms with van der Waals surface area (Å²) < 4.78 is 5.28. The van der Waals surface area contributed by atoms with Gasteiger partial charge in [-0.05, 0) is 38.2 Å². The Labute approximate surface area is 190 Å². The summed E-state index contributed by atoms with van der Waals surface area (Å²) in [4.78, 5) is 36.8. The van der Waals surface area contributed by atoms with Crippen LogP contribution in [0.3, 0.4) is 0 Å². The first-order chi connectivity index (χ1) is 15.4. The van der Waals surface area contributed by atoms with Gasteiger partial charge in [-0.1, -0.05) is 42.5 Å². The Kier molecular flexibility index (Phi) is 13.4. The molecular weight excluding hydrogens is 408 g/mol. The molecule has 1 aromatic carbocycles. The number of carbonyl (C=O) groups excluding carboxylic acids is 3. The molecule has 7 nitrogen and oxygen atoms in total. The molecule has 7 heteroatoms. The number of unbranched alkanes of at least 4 members (excludes halogenated alkanes) is 1. The van der Waals surface area contributed by atoms with E-state index in [-0.39, 0.29) is 37.4 Å². The van der Waals surface area contributed by atoms with Crippen LogP contribution in [0.1, 0.15) is 44.6 Å². The molecule has 3 N–H and O–H groups in total. The summed E-state index contributed by atoms with van der Waals surface area (Å²) in [6, 6.07) is 9.12. The fraction of sp³-hybridized carbons (Fsp3) is 0.480. The zero-order chi connectivity index (χ0) is 23.8. The van der Waals surface area contributed by atoms with Crippen LogP contribution in [0.25, 0.3) is 0 Å². The number of ether oxygens (including phenoxy) is 1. The number of hydrogen-bond acceptors (Lipinski definition) is 5. The predicted octanol–water partition coefficient (Wildman–Crippen LogP) is 2.69. The minimum Gasteiger partial charge on any atom is -0.461 e. The Hall–Kier alpha value is -2.93. The van der Waals surface area contributed by atoms with E-state index in [1.54, 1.807) is 19.1 Å². The predicted molar refractivity (Wildman–Crippen MR) is 125 cm³/mol. The quantitative estimate of drug-likeness (QED) is 0.207. The molecular formula is C25H36N2O5. The molecule has 1 aromatic rings. The normalized spacial score (nSPS) is 13.3. The van der Waals surface area contributed by atoms with Gasteiger partial charge in [-0.2, -0.15) is 0 Å². The van der Waals surface area contributed by atoms with Crippen LogP contribution in [0.2, 0.25) is 0 Å². The van der Waals surface area contributed by atoms with Gasteiger partial charge in [-0.15, -0.1) is 13.2 Å². The van der Waals surface area contributed by atoms with E-state index >= 15 is 0 Å². The summed E-state index contributed by atoms with van der Waals surface area (Å²) in [6.07, 6.45) is 5.39. The second-order valence-corrected chi connectivity index (χ2v) is 7.79. The molecule has 0 saturated carbocycles. The molecule has 0 aromatic heterocycles. The van der Waals surface area contributed by atoms with Gasteiger partial charge in [0.2, 0.25) is 11.8 Å². The highest BCUT2D eigenvalue weighted by molar-refractivity contribution is 5.86. The molecule has 0 fully saturated rings. The summed E-state index contributed by atoms with van der Waals surface area (Å²) in [6.45, 7) is 8.94. The lowest BCUT2D eigenvalue weighted by Crippen LogP contribution is -2.42. The first-order valence-electron chi connectivity index (χ1n) is 11.0. The van der Waals surface area contributed by atoms with Crippen molar-refractivity contribution in [3.63, 3.8) is 0 Å². The largest absolute Gasteiger partial charge is 0.461 e. The van der Waals surface area contributed by atoms with E-state index in [4.69, 9.17) is 4.74 Å². The van der Waals surface area contributed by atoms with Gasteiger partial charge in [0.15, 0.2) is 0 Å². The van der Waals surface area contributed by atoms with Crippen molar-refractivity contribution >= 4 is 17.8 Å². The Balaban J connectivity index is 2.49. The van der Waals surface area contributed by atoms with Gasteiger partial charge < -0.3 is 20.5 Å². The van der Waals surface area contributed by atoms with E-state index in [1.807, 2.05) is 30.3 Å². The van der Waals surface area contributed by atoms with Crippen LogP contribution in [0.5, 0.6) is 0 Å². The molecule has 0 heterocycles. The Morgan fingerprint density at radius 3 is 2.50 bits per heavy atom. The number of carbonyl (C=O) groups is 3. The minimum atomic E-state index is -0.598. The van der Waals surface area contributed by atoms with E-state index in [9.17, 15) is 19.5 Å². The maximum Gasteiger partial charge on any atom is 0.306 e. The van der Waals surface area contributed by atoms with Crippen molar-refractivity contribution in [2.24, 2.45) is 5.92 Å². The maximum absolute atomic E-state index is 12.6. The average molecular weight is 445 g/mol. The smallest absolute Gasteiger partial charge is 0.306 e. The van der Waals surface area contributed by atoms with Crippen molar-refractivity contribution in [2.75, 3.05) is 13.2 Å². The SMILES string of the molecule is C=CCCCC(=O)O[C@@H](C)CNC(=O)[C@H](CC=C)CC(=O)N[C@@H](CO)Cc1ccccc1. The number of aliphatic hydroxyl groups excluding tert-OH is 1. The van der Waals surface area contributed by atoms with Crippen molar-refractivity contribution in [2.45, 2.75) is 57.6 Å². The van der Waals surface area contributed by atoms with Crippen LogP contribution in [0.15, 0.2) is 55.6 Å². The molecule has 0 spiro atoms. The number of aliphatic hydroxyl groups is 1. The fourth-order valence-electron chi connectivity index (χ4n) is 3.16. The van der Waals surface area contributed by atoms with Crippen LogP contribution in [-0.2, 0) is 25.5 Å². The Morgan fingerprint density at radius 1 is 1.16 bits per heavy atom. The van der Waals surface area contributed by atoms with E-state index in [2.05, 4.69) is 23.8 Å². The lowest BCUT2D eigenvalue weighted by molar-refractivity contribution is -0.148. The molecule has 0 bridgehead atoms. The maximum atomic E-state index is 12.6. The summed E-state index contributed by atoms with van der Waals surface area (Å²) >= 11 is 0. The Bertz CT molecular complexity index is 735. The molecule has 32 heavy (non-hydrogen) atoms. The molecule has 176 valence electrons. The van der Waals surface area contributed by atoms with Crippen molar-refractivity contribution in [1.29, 1.82) is 0 Å². The molecule has 0 unspecified atom stereocenters. The molecule has 0 saturated heterocycles. The van der Waals surface area contributed by atoms with Crippen molar-refractivity contribution in [3.05, 3.63) is 61.2 Å². The fourth-order valence-corrected chi connectivity index (χ4v) is 3.16. The van der Waals surface area contributed by atoms with Gasteiger partial charge in [0, 0.05) is 12.8 Å². The van der Waals surface area contributed by atoms with Gasteiger partial charge in [-0.25, -0.2) is 0 Å². The number of esters is 1. The molecule has 3 atom stereocenters. The molecule has 1 rings (SSSR count). The summed E-state index contributed by atoms with van der Waals surface area (Å²) in [7, 11) is 0. The van der Waals surface area contributed by atoms with E-state index < -0.39 is 18.1 Å². The topological polar surface area (TPSA) is 105 Å². The number of benzene rings is 1. The molecule has 0 aliphatic carbocycles. The van der Waals surface area contributed by atoms with E-state index in [0.29, 0.717) is 25.7 Å². The van der Waals surface area contributed by atoms with Crippen molar-refractivity contribution in [3.8, 4) is 0 Å². The number of hydrogen-bond donors (Lipinski definition) is 3. The van der Waals surface area contributed by atoms with Gasteiger partial charge in [0.25, 0.3) is 0 Å². The van der Waals surface area contributed by atoms with Crippen LogP contribution in [-0.4, -0.2) is 48.2 Å².